The van der Waals surface area contributed by atoms with Crippen LogP contribution in [0.15, 0.2) is 24.4 Å². The Kier molecular flexibility index (Phi) is 3.85. The van der Waals surface area contributed by atoms with Gasteiger partial charge in [0.05, 0.1) is 31.8 Å². The molecule has 1 aromatic carbocycles. The molecule has 0 fully saturated rings. The van der Waals surface area contributed by atoms with Crippen molar-refractivity contribution in [3.63, 3.8) is 0 Å². The average molecular weight is 259 g/mol. The molecule has 5 heteroatoms. The van der Waals surface area contributed by atoms with Gasteiger partial charge >= 0.3 is 0 Å². The Morgan fingerprint density at radius 2 is 1.68 bits per heavy atom. The molecule has 0 amide bonds. The molecule has 19 heavy (non-hydrogen) atoms. The van der Waals surface area contributed by atoms with E-state index in [-0.39, 0.29) is 0 Å². The van der Waals surface area contributed by atoms with Crippen molar-refractivity contribution in [3.8, 4) is 22.9 Å². The van der Waals surface area contributed by atoms with Crippen molar-refractivity contribution >= 4 is 5.69 Å². The van der Waals surface area contributed by atoms with Crippen LogP contribution in [-0.4, -0.2) is 31.2 Å². The lowest BCUT2D eigenvalue weighted by molar-refractivity contribution is 0.394. The third-order valence-corrected chi connectivity index (χ3v) is 2.86. The maximum Gasteiger partial charge on any atom is 0.159 e. The van der Waals surface area contributed by atoms with Crippen molar-refractivity contribution < 1.29 is 9.47 Å². The molecule has 0 saturated carbocycles. The van der Waals surface area contributed by atoms with E-state index in [0.717, 1.165) is 16.9 Å². The van der Waals surface area contributed by atoms with Crippen LogP contribution in [0.5, 0.6) is 11.5 Å². The predicted octanol–water partition coefficient (Wildman–Crippen LogP) is 2.51. The number of anilines is 1. The minimum Gasteiger partial charge on any atom is -0.497 e. The van der Waals surface area contributed by atoms with Crippen LogP contribution in [0.4, 0.5) is 5.69 Å². The van der Waals surface area contributed by atoms with E-state index in [2.05, 4.69) is 15.3 Å². The number of nitrogens with one attached hydrogen (secondary N) is 1. The molecule has 0 aliphatic rings. The van der Waals surface area contributed by atoms with Gasteiger partial charge in [0.25, 0.3) is 0 Å². The molecule has 0 aliphatic heterocycles. The molecule has 100 valence electrons. The number of nitrogens with zero attached hydrogens (tertiary/aromatic N) is 2. The molecule has 2 rings (SSSR count). The van der Waals surface area contributed by atoms with Gasteiger partial charge in [-0.25, -0.2) is 9.97 Å². The average Bonchev–Trinajstić information content (AvgIpc) is 2.46. The molecule has 0 bridgehead atoms. The summed E-state index contributed by atoms with van der Waals surface area (Å²) in [4.78, 5) is 8.83. The lowest BCUT2D eigenvalue weighted by Crippen LogP contribution is -1.99. The fourth-order valence-electron chi connectivity index (χ4n) is 1.79. The molecule has 0 unspecified atom stereocenters. The second kappa shape index (κ2) is 5.56. The summed E-state index contributed by atoms with van der Waals surface area (Å²) in [7, 11) is 5.09. The molecule has 0 saturated heterocycles. The number of hydrogen-bond donors (Lipinski definition) is 1. The van der Waals surface area contributed by atoms with Gasteiger partial charge < -0.3 is 14.8 Å². The molecule has 0 radical (unpaired) electrons. The lowest BCUT2D eigenvalue weighted by Gasteiger charge is -2.09. The molecule has 1 N–H and O–H groups in total. The van der Waals surface area contributed by atoms with Crippen LogP contribution in [0, 0.1) is 6.92 Å². The number of aryl methyl sites for hydroxylation is 1. The number of hydrogen-bond acceptors (Lipinski definition) is 5. The highest BCUT2D eigenvalue weighted by atomic mass is 16.5. The molecule has 1 heterocycles. The second-order valence-corrected chi connectivity index (χ2v) is 4.04. The maximum atomic E-state index is 5.25. The zero-order valence-corrected chi connectivity index (χ0v) is 11.5. The molecule has 0 atom stereocenters. The molecule has 0 aliphatic carbocycles. The summed E-state index contributed by atoms with van der Waals surface area (Å²) < 4.78 is 10.5. The first kappa shape index (κ1) is 13.1. The van der Waals surface area contributed by atoms with Crippen LogP contribution >= 0.6 is 0 Å². The van der Waals surface area contributed by atoms with E-state index in [0.29, 0.717) is 17.3 Å². The van der Waals surface area contributed by atoms with Gasteiger partial charge in [0, 0.05) is 18.7 Å². The summed E-state index contributed by atoms with van der Waals surface area (Å²) in [6, 6.07) is 5.59. The van der Waals surface area contributed by atoms with Gasteiger partial charge in [0.15, 0.2) is 5.82 Å². The van der Waals surface area contributed by atoms with E-state index >= 15 is 0 Å². The number of methoxy groups -OCH3 is 2. The molecular weight excluding hydrogens is 242 g/mol. The minimum absolute atomic E-state index is 0.647. The van der Waals surface area contributed by atoms with Crippen molar-refractivity contribution in [2.75, 3.05) is 26.6 Å². The number of aromatic nitrogens is 2. The zero-order chi connectivity index (χ0) is 13.8. The van der Waals surface area contributed by atoms with Crippen molar-refractivity contribution in [2.24, 2.45) is 0 Å². The van der Waals surface area contributed by atoms with Gasteiger partial charge in [-0.05, 0) is 19.1 Å². The van der Waals surface area contributed by atoms with E-state index in [1.807, 2.05) is 32.2 Å². The Bertz CT molecular complexity index is 563. The third-order valence-electron chi connectivity index (χ3n) is 2.86. The number of rotatable bonds is 4. The third kappa shape index (κ3) is 2.76. The summed E-state index contributed by atoms with van der Waals surface area (Å²) in [5, 5.41) is 3.04. The molecule has 2 aromatic rings. The monoisotopic (exact) mass is 259 g/mol. The molecule has 5 nitrogen and oxygen atoms in total. The van der Waals surface area contributed by atoms with E-state index in [4.69, 9.17) is 9.47 Å². The van der Waals surface area contributed by atoms with Gasteiger partial charge in [-0.15, -0.1) is 0 Å². The van der Waals surface area contributed by atoms with Gasteiger partial charge in [-0.1, -0.05) is 0 Å². The van der Waals surface area contributed by atoms with Gasteiger partial charge in [0.2, 0.25) is 0 Å². The summed E-state index contributed by atoms with van der Waals surface area (Å²) in [6.45, 7) is 1.94. The largest absolute Gasteiger partial charge is 0.497 e. The van der Waals surface area contributed by atoms with Crippen LogP contribution in [0.1, 0.15) is 5.69 Å². The Hall–Kier alpha value is -2.30. The maximum absolute atomic E-state index is 5.25. The lowest BCUT2D eigenvalue weighted by atomic mass is 10.2. The standard InChI is InChI=1S/C14H17N3O2/c1-9-13(15-2)8-16-14(17-9)10-5-11(18-3)7-12(6-10)19-4/h5-8,15H,1-4H3. The second-order valence-electron chi connectivity index (χ2n) is 4.04. The van der Waals surface area contributed by atoms with Crippen LogP contribution in [0.25, 0.3) is 11.4 Å². The fraction of sp³-hybridized carbons (Fsp3) is 0.286. The van der Waals surface area contributed by atoms with E-state index < -0.39 is 0 Å². The van der Waals surface area contributed by atoms with Crippen LogP contribution in [0.2, 0.25) is 0 Å². The van der Waals surface area contributed by atoms with E-state index in [9.17, 15) is 0 Å². The SMILES string of the molecule is CNc1cnc(-c2cc(OC)cc(OC)c2)nc1C. The highest BCUT2D eigenvalue weighted by molar-refractivity contribution is 5.62. The van der Waals surface area contributed by atoms with E-state index in [1.165, 1.54) is 0 Å². The summed E-state index contributed by atoms with van der Waals surface area (Å²) in [6.07, 6.45) is 1.77. The fourth-order valence-corrected chi connectivity index (χ4v) is 1.79. The Morgan fingerprint density at radius 1 is 1.05 bits per heavy atom. The summed E-state index contributed by atoms with van der Waals surface area (Å²) in [5.74, 6) is 2.08. The quantitative estimate of drug-likeness (QED) is 0.914. The van der Waals surface area contributed by atoms with Gasteiger partial charge in [0.1, 0.15) is 11.5 Å². The number of ether oxygens (including phenoxy) is 2. The highest BCUT2D eigenvalue weighted by Gasteiger charge is 2.08. The number of benzene rings is 1. The molecule has 1 aromatic heterocycles. The van der Waals surface area contributed by atoms with Crippen molar-refractivity contribution in [2.45, 2.75) is 6.92 Å². The zero-order valence-electron chi connectivity index (χ0n) is 11.5. The highest BCUT2D eigenvalue weighted by Crippen LogP contribution is 2.28. The van der Waals surface area contributed by atoms with Crippen molar-refractivity contribution in [3.05, 3.63) is 30.1 Å². The van der Waals surface area contributed by atoms with E-state index in [1.54, 1.807) is 20.4 Å². The molecule has 0 spiro atoms. The summed E-state index contributed by atoms with van der Waals surface area (Å²) in [5.41, 5.74) is 2.68. The topological polar surface area (TPSA) is 56.3 Å². The van der Waals surface area contributed by atoms with Crippen molar-refractivity contribution in [1.29, 1.82) is 0 Å². The van der Waals surface area contributed by atoms with Crippen molar-refractivity contribution in [1.82, 2.24) is 9.97 Å². The summed E-state index contributed by atoms with van der Waals surface area (Å²) >= 11 is 0. The first-order chi connectivity index (χ1) is 9.17. The van der Waals surface area contributed by atoms with Crippen LogP contribution in [-0.2, 0) is 0 Å². The van der Waals surface area contributed by atoms with Crippen LogP contribution in [0.3, 0.4) is 0 Å². The molecular formula is C14H17N3O2. The van der Waals surface area contributed by atoms with Crippen LogP contribution < -0.4 is 14.8 Å². The Labute approximate surface area is 112 Å². The Balaban J connectivity index is 2.48. The van der Waals surface area contributed by atoms with Gasteiger partial charge in [-0.2, -0.15) is 0 Å². The first-order valence-corrected chi connectivity index (χ1v) is 5.92. The smallest absolute Gasteiger partial charge is 0.159 e. The minimum atomic E-state index is 0.647. The van der Waals surface area contributed by atoms with Gasteiger partial charge in [-0.3, -0.25) is 0 Å². The normalized spacial score (nSPS) is 10.1. The predicted molar refractivity (Wildman–Crippen MR) is 74.9 cm³/mol. The Morgan fingerprint density at radius 3 is 2.16 bits per heavy atom. The first-order valence-electron chi connectivity index (χ1n) is 5.92.